The fraction of sp³-hybridized carbons (Fsp3) is 0.250. The highest BCUT2D eigenvalue weighted by atomic mass is 79.9. The molecule has 3 N–H and O–H groups in total. The lowest BCUT2D eigenvalue weighted by molar-refractivity contribution is 0.412. The third kappa shape index (κ3) is 2.21. The Morgan fingerprint density at radius 1 is 1.38 bits per heavy atom. The Kier molecular flexibility index (Phi) is 3.70. The smallest absolute Gasteiger partial charge is 0.135 e. The van der Waals surface area contributed by atoms with Gasteiger partial charge in [0.15, 0.2) is 0 Å². The van der Waals surface area contributed by atoms with Crippen LogP contribution in [0.25, 0.3) is 0 Å². The van der Waals surface area contributed by atoms with E-state index in [1.807, 2.05) is 0 Å². The highest BCUT2D eigenvalue weighted by Crippen LogP contribution is 2.36. The molecule has 0 bridgehead atoms. The van der Waals surface area contributed by atoms with E-state index in [0.717, 1.165) is 0 Å². The number of hydrogen-bond acceptors (Lipinski definition) is 2. The van der Waals surface area contributed by atoms with Crippen molar-refractivity contribution in [1.29, 1.82) is 0 Å². The van der Waals surface area contributed by atoms with Gasteiger partial charge in [-0.25, -0.2) is 4.39 Å². The average Bonchev–Trinajstić information content (AvgIpc) is 2.12. The van der Waals surface area contributed by atoms with Crippen LogP contribution in [-0.4, -0.2) is 11.8 Å². The lowest BCUT2D eigenvalue weighted by atomic mass is 10.1. The Bertz CT molecular complexity index is 319. The molecule has 0 unspecified atom stereocenters. The van der Waals surface area contributed by atoms with E-state index in [0.29, 0.717) is 14.5 Å². The summed E-state index contributed by atoms with van der Waals surface area (Å²) in [5, 5.41) is 9.56. The van der Waals surface area contributed by atoms with Gasteiger partial charge in [-0.2, -0.15) is 0 Å². The summed E-state index contributed by atoms with van der Waals surface area (Å²) in [4.78, 5) is 0. The van der Waals surface area contributed by atoms with Crippen LogP contribution in [0.3, 0.4) is 0 Å². The molecule has 0 saturated heterocycles. The Morgan fingerprint density at radius 3 is 2.46 bits per heavy atom. The zero-order chi connectivity index (χ0) is 10.0. The van der Waals surface area contributed by atoms with E-state index in [2.05, 4.69) is 31.9 Å². The summed E-state index contributed by atoms with van der Waals surface area (Å²) in [5.74, 6) is -0.0143. The predicted molar refractivity (Wildman–Crippen MR) is 56.4 cm³/mol. The summed E-state index contributed by atoms with van der Waals surface area (Å²) < 4.78 is 13.4. The minimum atomic E-state index is -0.799. The number of rotatable bonds is 2. The van der Waals surface area contributed by atoms with Gasteiger partial charge in [-0.05, 0) is 28.1 Å². The molecule has 1 aromatic rings. The van der Waals surface area contributed by atoms with E-state index in [1.165, 1.54) is 0 Å². The van der Waals surface area contributed by atoms with Gasteiger partial charge in [0, 0.05) is 10.0 Å². The quantitative estimate of drug-likeness (QED) is 0.882. The number of halogens is 3. The lowest BCUT2D eigenvalue weighted by Gasteiger charge is -2.12. The third-order valence-corrected chi connectivity index (χ3v) is 2.98. The van der Waals surface area contributed by atoms with Crippen LogP contribution in [0.1, 0.15) is 11.6 Å². The van der Waals surface area contributed by atoms with Gasteiger partial charge in [0.05, 0.1) is 10.5 Å². The molecule has 1 aromatic carbocycles. The standard InChI is InChI=1S/C8H8Br2FNO/c9-4-1-2-5(10)8(13)7(4)6(12)3-11/h1-2,6,13H,3,12H2/t6-/m0/s1. The maximum atomic E-state index is 12.3. The molecule has 5 heteroatoms. The van der Waals surface area contributed by atoms with Crippen molar-refractivity contribution in [3.63, 3.8) is 0 Å². The minimum absolute atomic E-state index is 0.0143. The summed E-state index contributed by atoms with van der Waals surface area (Å²) in [5.41, 5.74) is 5.86. The van der Waals surface area contributed by atoms with Crippen molar-refractivity contribution in [1.82, 2.24) is 0 Å². The van der Waals surface area contributed by atoms with Gasteiger partial charge in [0.1, 0.15) is 12.4 Å². The highest BCUT2D eigenvalue weighted by Gasteiger charge is 2.16. The van der Waals surface area contributed by atoms with Crippen LogP contribution in [0, 0.1) is 0 Å². The normalized spacial score (nSPS) is 12.9. The molecule has 13 heavy (non-hydrogen) atoms. The van der Waals surface area contributed by atoms with Crippen molar-refractivity contribution in [3.05, 3.63) is 26.6 Å². The molecule has 72 valence electrons. The number of benzene rings is 1. The summed E-state index contributed by atoms with van der Waals surface area (Å²) in [6, 6.07) is 2.56. The van der Waals surface area contributed by atoms with Crippen molar-refractivity contribution in [2.45, 2.75) is 6.04 Å². The number of aromatic hydroxyl groups is 1. The number of nitrogens with two attached hydrogens (primary N) is 1. The summed E-state index contributed by atoms with van der Waals surface area (Å²) in [6.45, 7) is -0.706. The molecule has 2 nitrogen and oxygen atoms in total. The van der Waals surface area contributed by atoms with Crippen LogP contribution in [0.5, 0.6) is 5.75 Å². The largest absolute Gasteiger partial charge is 0.506 e. The first-order chi connectivity index (χ1) is 6.07. The predicted octanol–water partition coefficient (Wildman–Crippen LogP) is 2.89. The maximum absolute atomic E-state index is 12.3. The lowest BCUT2D eigenvalue weighted by Crippen LogP contribution is -2.13. The highest BCUT2D eigenvalue weighted by molar-refractivity contribution is 9.11. The van der Waals surface area contributed by atoms with Gasteiger partial charge >= 0.3 is 0 Å². The van der Waals surface area contributed by atoms with Crippen LogP contribution in [0.15, 0.2) is 21.1 Å². The van der Waals surface area contributed by atoms with Gasteiger partial charge in [-0.15, -0.1) is 0 Å². The molecule has 0 amide bonds. The van der Waals surface area contributed by atoms with Crippen LogP contribution < -0.4 is 5.73 Å². The summed E-state index contributed by atoms with van der Waals surface area (Å²) in [6.07, 6.45) is 0. The molecule has 1 atom stereocenters. The van der Waals surface area contributed by atoms with E-state index in [-0.39, 0.29) is 5.75 Å². The van der Waals surface area contributed by atoms with E-state index in [4.69, 9.17) is 5.73 Å². The second-order valence-electron chi connectivity index (χ2n) is 2.55. The SMILES string of the molecule is N[C@@H](CF)c1c(Br)ccc(Br)c1O. The number of hydrogen-bond donors (Lipinski definition) is 2. The fourth-order valence-electron chi connectivity index (χ4n) is 0.987. The topological polar surface area (TPSA) is 46.2 Å². The molecule has 0 heterocycles. The van der Waals surface area contributed by atoms with Gasteiger partial charge in [-0.1, -0.05) is 15.9 Å². The van der Waals surface area contributed by atoms with Gasteiger partial charge in [-0.3, -0.25) is 0 Å². The van der Waals surface area contributed by atoms with Gasteiger partial charge in [0.25, 0.3) is 0 Å². The van der Waals surface area contributed by atoms with Crippen molar-refractivity contribution in [2.24, 2.45) is 5.73 Å². The van der Waals surface area contributed by atoms with E-state index in [9.17, 15) is 9.50 Å². The number of alkyl halides is 1. The molecule has 0 aliphatic carbocycles. The Morgan fingerprint density at radius 2 is 1.92 bits per heavy atom. The first-order valence-corrected chi connectivity index (χ1v) is 5.15. The minimum Gasteiger partial charge on any atom is -0.506 e. The molecule has 0 aliphatic rings. The molecule has 0 aliphatic heterocycles. The fourth-order valence-corrected chi connectivity index (χ4v) is 1.95. The maximum Gasteiger partial charge on any atom is 0.135 e. The second-order valence-corrected chi connectivity index (χ2v) is 4.26. The first-order valence-electron chi connectivity index (χ1n) is 3.56. The van der Waals surface area contributed by atoms with Crippen molar-refractivity contribution >= 4 is 31.9 Å². The van der Waals surface area contributed by atoms with E-state index in [1.54, 1.807) is 12.1 Å². The molecular formula is C8H8Br2FNO. The first kappa shape index (κ1) is 10.9. The molecule has 0 saturated carbocycles. The van der Waals surface area contributed by atoms with Gasteiger partial charge < -0.3 is 10.8 Å². The molecule has 0 radical (unpaired) electrons. The molecule has 0 fully saturated rings. The Hall–Kier alpha value is -0.130. The third-order valence-electron chi connectivity index (χ3n) is 1.65. The monoisotopic (exact) mass is 311 g/mol. The van der Waals surface area contributed by atoms with Crippen LogP contribution in [-0.2, 0) is 0 Å². The van der Waals surface area contributed by atoms with E-state index < -0.39 is 12.7 Å². The summed E-state index contributed by atoms with van der Waals surface area (Å²) in [7, 11) is 0. The van der Waals surface area contributed by atoms with Crippen LogP contribution >= 0.6 is 31.9 Å². The van der Waals surface area contributed by atoms with E-state index >= 15 is 0 Å². The average molecular weight is 313 g/mol. The zero-order valence-electron chi connectivity index (χ0n) is 6.60. The van der Waals surface area contributed by atoms with Crippen molar-refractivity contribution in [2.75, 3.05) is 6.67 Å². The zero-order valence-corrected chi connectivity index (χ0v) is 9.77. The number of phenolic OH excluding ortho intramolecular Hbond substituents is 1. The van der Waals surface area contributed by atoms with Gasteiger partial charge in [0.2, 0.25) is 0 Å². The Labute approximate surface area is 92.2 Å². The number of phenols is 1. The molecule has 0 aromatic heterocycles. The molecule has 1 rings (SSSR count). The second kappa shape index (κ2) is 4.39. The molecular weight excluding hydrogens is 305 g/mol. The summed E-state index contributed by atoms with van der Waals surface area (Å²) >= 11 is 6.32. The van der Waals surface area contributed by atoms with Crippen molar-refractivity contribution in [3.8, 4) is 5.75 Å². The van der Waals surface area contributed by atoms with Crippen LogP contribution in [0.4, 0.5) is 4.39 Å². The Balaban J connectivity index is 3.25. The van der Waals surface area contributed by atoms with Crippen LogP contribution in [0.2, 0.25) is 0 Å². The van der Waals surface area contributed by atoms with Crippen molar-refractivity contribution < 1.29 is 9.50 Å². The molecule has 0 spiro atoms.